The number of halogens is 1. The zero-order valence-corrected chi connectivity index (χ0v) is 17.1. The SMILES string of the molecule is CC(C)(C)OC(=O)N1CCN(S(=O)(=O)C2=Cc3cc(Cl)ccc3OC2)CC1. The number of hydrogen-bond donors (Lipinski definition) is 0. The molecule has 2 aliphatic heterocycles. The van der Waals surface area contributed by atoms with Gasteiger partial charge in [0.1, 0.15) is 18.0 Å². The van der Waals surface area contributed by atoms with E-state index >= 15 is 0 Å². The van der Waals surface area contributed by atoms with Crippen LogP contribution in [0.3, 0.4) is 0 Å². The predicted molar refractivity (Wildman–Crippen MR) is 103 cm³/mol. The van der Waals surface area contributed by atoms with Crippen LogP contribution in [0, 0.1) is 0 Å². The summed E-state index contributed by atoms with van der Waals surface area (Å²) in [5, 5.41) is 0.512. The molecule has 1 saturated heterocycles. The molecule has 0 atom stereocenters. The molecule has 2 aliphatic rings. The van der Waals surface area contributed by atoms with Crippen LogP contribution >= 0.6 is 11.6 Å². The summed E-state index contributed by atoms with van der Waals surface area (Å²) in [6.07, 6.45) is 1.17. The van der Waals surface area contributed by atoms with Crippen molar-refractivity contribution in [3.63, 3.8) is 0 Å². The van der Waals surface area contributed by atoms with Gasteiger partial charge in [-0.25, -0.2) is 13.2 Å². The summed E-state index contributed by atoms with van der Waals surface area (Å²) in [6.45, 7) is 6.35. The number of sulfonamides is 1. The van der Waals surface area contributed by atoms with Gasteiger partial charge >= 0.3 is 6.09 Å². The number of hydrogen-bond acceptors (Lipinski definition) is 5. The molecule has 1 aromatic carbocycles. The second-order valence-electron chi connectivity index (χ2n) is 7.45. The van der Waals surface area contributed by atoms with Gasteiger partial charge < -0.3 is 14.4 Å². The molecular formula is C18H23ClN2O5S. The fourth-order valence-corrected chi connectivity index (χ4v) is 4.52. The van der Waals surface area contributed by atoms with Gasteiger partial charge in [0.2, 0.25) is 10.0 Å². The Bertz CT molecular complexity index is 868. The lowest BCUT2D eigenvalue weighted by molar-refractivity contribution is 0.0193. The van der Waals surface area contributed by atoms with E-state index in [2.05, 4.69) is 0 Å². The second kappa shape index (κ2) is 7.33. The van der Waals surface area contributed by atoms with Gasteiger partial charge in [-0.3, -0.25) is 0 Å². The number of nitrogens with zero attached hydrogens (tertiary/aromatic N) is 2. The van der Waals surface area contributed by atoms with E-state index in [0.29, 0.717) is 16.3 Å². The third kappa shape index (κ3) is 4.56. The molecule has 148 valence electrons. The standard InChI is InChI=1S/C18H23ClN2O5S/c1-18(2,3)26-17(22)20-6-8-21(9-7-20)27(23,24)15-11-13-10-14(19)4-5-16(13)25-12-15/h4-5,10-11H,6-9,12H2,1-3H3. The van der Waals surface area contributed by atoms with Crippen molar-refractivity contribution in [2.24, 2.45) is 0 Å². The lowest BCUT2D eigenvalue weighted by atomic mass is 10.1. The summed E-state index contributed by atoms with van der Waals surface area (Å²) in [6, 6.07) is 5.09. The zero-order valence-electron chi connectivity index (χ0n) is 15.6. The topological polar surface area (TPSA) is 76.2 Å². The lowest BCUT2D eigenvalue weighted by Gasteiger charge is -2.35. The predicted octanol–water partition coefficient (Wildman–Crippen LogP) is 2.96. The smallest absolute Gasteiger partial charge is 0.410 e. The lowest BCUT2D eigenvalue weighted by Crippen LogP contribution is -2.52. The van der Waals surface area contributed by atoms with Crippen LogP contribution in [0.25, 0.3) is 6.08 Å². The molecule has 2 heterocycles. The first-order chi connectivity index (χ1) is 12.6. The van der Waals surface area contributed by atoms with Crippen LogP contribution in [-0.4, -0.2) is 62.1 Å². The normalized spacial score (nSPS) is 18.4. The number of rotatable bonds is 2. The largest absolute Gasteiger partial charge is 0.487 e. The summed E-state index contributed by atoms with van der Waals surface area (Å²) >= 11 is 5.98. The summed E-state index contributed by atoms with van der Waals surface area (Å²) in [5.74, 6) is 0.605. The first-order valence-electron chi connectivity index (χ1n) is 8.67. The molecule has 0 radical (unpaired) electrons. The van der Waals surface area contributed by atoms with E-state index in [-0.39, 0.29) is 37.7 Å². The number of piperazine rings is 1. The van der Waals surface area contributed by atoms with E-state index in [1.807, 2.05) is 0 Å². The molecule has 0 saturated carbocycles. The van der Waals surface area contributed by atoms with Crippen molar-refractivity contribution >= 4 is 33.8 Å². The van der Waals surface area contributed by atoms with Gasteiger partial charge in [-0.2, -0.15) is 4.31 Å². The van der Waals surface area contributed by atoms with Gasteiger partial charge in [-0.05, 0) is 45.0 Å². The zero-order chi connectivity index (χ0) is 19.8. The highest BCUT2D eigenvalue weighted by Crippen LogP contribution is 2.31. The first-order valence-corrected chi connectivity index (χ1v) is 10.5. The Balaban J connectivity index is 1.70. The van der Waals surface area contributed by atoms with E-state index in [9.17, 15) is 13.2 Å². The monoisotopic (exact) mass is 414 g/mol. The van der Waals surface area contributed by atoms with Gasteiger partial charge in [0.15, 0.2) is 0 Å². The van der Waals surface area contributed by atoms with E-state index in [0.717, 1.165) is 0 Å². The quantitative estimate of drug-likeness (QED) is 0.743. The third-order valence-electron chi connectivity index (χ3n) is 4.22. The van der Waals surface area contributed by atoms with Crippen LogP contribution < -0.4 is 4.74 Å². The second-order valence-corrected chi connectivity index (χ2v) is 9.88. The Morgan fingerprint density at radius 1 is 1.19 bits per heavy atom. The van der Waals surface area contributed by atoms with E-state index in [1.54, 1.807) is 45.0 Å². The highest BCUT2D eigenvalue weighted by molar-refractivity contribution is 7.93. The molecule has 7 nitrogen and oxygen atoms in total. The van der Waals surface area contributed by atoms with Crippen molar-refractivity contribution in [2.75, 3.05) is 32.8 Å². The van der Waals surface area contributed by atoms with E-state index in [4.69, 9.17) is 21.1 Å². The number of carbonyl (C=O) groups excluding carboxylic acids is 1. The van der Waals surface area contributed by atoms with Gasteiger partial charge in [0.05, 0.1) is 4.91 Å². The first kappa shape index (κ1) is 20.0. The number of benzene rings is 1. The van der Waals surface area contributed by atoms with Crippen molar-refractivity contribution in [1.29, 1.82) is 0 Å². The maximum Gasteiger partial charge on any atom is 0.410 e. The molecule has 0 spiro atoms. The van der Waals surface area contributed by atoms with Crippen LogP contribution in [0.4, 0.5) is 4.79 Å². The Hall–Kier alpha value is -1.77. The van der Waals surface area contributed by atoms with Crippen molar-refractivity contribution in [3.8, 4) is 5.75 Å². The maximum atomic E-state index is 13.0. The van der Waals surface area contributed by atoms with Crippen molar-refractivity contribution in [2.45, 2.75) is 26.4 Å². The highest BCUT2D eigenvalue weighted by atomic mass is 35.5. The molecule has 9 heteroatoms. The van der Waals surface area contributed by atoms with Gasteiger partial charge in [-0.15, -0.1) is 0 Å². The molecule has 3 rings (SSSR count). The van der Waals surface area contributed by atoms with Gasteiger partial charge in [0, 0.05) is 36.8 Å². The molecule has 0 unspecified atom stereocenters. The maximum absolute atomic E-state index is 13.0. The average Bonchev–Trinajstić information content (AvgIpc) is 2.59. The minimum Gasteiger partial charge on any atom is -0.487 e. The Kier molecular flexibility index (Phi) is 5.42. The fourth-order valence-electron chi connectivity index (χ4n) is 2.88. The van der Waals surface area contributed by atoms with Crippen LogP contribution in [-0.2, 0) is 14.8 Å². The molecule has 0 aliphatic carbocycles. The van der Waals surface area contributed by atoms with Gasteiger partial charge in [0.25, 0.3) is 0 Å². The molecule has 0 bridgehead atoms. The molecule has 1 fully saturated rings. The number of carbonyl (C=O) groups is 1. The molecular weight excluding hydrogens is 392 g/mol. The van der Waals surface area contributed by atoms with Gasteiger partial charge in [-0.1, -0.05) is 11.6 Å². The Labute approximate surface area is 164 Å². The molecule has 1 aromatic rings. The summed E-state index contributed by atoms with van der Waals surface area (Å²) in [7, 11) is -3.68. The fraction of sp³-hybridized carbons (Fsp3) is 0.500. The Morgan fingerprint density at radius 2 is 1.85 bits per heavy atom. The van der Waals surface area contributed by atoms with E-state index < -0.39 is 21.7 Å². The Morgan fingerprint density at radius 3 is 2.48 bits per heavy atom. The third-order valence-corrected chi connectivity index (χ3v) is 6.40. The number of fused-ring (bicyclic) bond motifs is 1. The molecule has 27 heavy (non-hydrogen) atoms. The van der Waals surface area contributed by atoms with Crippen molar-refractivity contribution < 1.29 is 22.7 Å². The molecule has 0 aromatic heterocycles. The molecule has 0 N–H and O–H groups in total. The van der Waals surface area contributed by atoms with Crippen LogP contribution in [0.5, 0.6) is 5.75 Å². The minimum absolute atomic E-state index is 0.0246. The number of amides is 1. The van der Waals surface area contributed by atoms with E-state index in [1.165, 1.54) is 9.21 Å². The minimum atomic E-state index is -3.68. The molecule has 1 amide bonds. The van der Waals surface area contributed by atoms with Crippen LogP contribution in [0.15, 0.2) is 23.1 Å². The summed E-state index contributed by atoms with van der Waals surface area (Å²) in [4.78, 5) is 13.8. The summed E-state index contributed by atoms with van der Waals surface area (Å²) < 4.78 is 38.2. The van der Waals surface area contributed by atoms with Crippen LogP contribution in [0.1, 0.15) is 26.3 Å². The highest BCUT2D eigenvalue weighted by Gasteiger charge is 2.34. The van der Waals surface area contributed by atoms with Crippen LogP contribution in [0.2, 0.25) is 5.02 Å². The average molecular weight is 415 g/mol. The number of ether oxygens (including phenoxy) is 2. The summed E-state index contributed by atoms with van der Waals surface area (Å²) in [5.41, 5.74) is 0.0545. The van der Waals surface area contributed by atoms with Crippen molar-refractivity contribution in [1.82, 2.24) is 9.21 Å². The van der Waals surface area contributed by atoms with Crippen molar-refractivity contribution in [3.05, 3.63) is 33.7 Å².